The third-order valence-electron chi connectivity index (χ3n) is 3.00. The van der Waals surface area contributed by atoms with Crippen molar-refractivity contribution >= 4 is 0 Å². The van der Waals surface area contributed by atoms with Crippen LogP contribution in [0.15, 0.2) is 18.2 Å². The molecule has 0 aliphatic carbocycles. The first-order valence-corrected chi connectivity index (χ1v) is 5.62. The lowest BCUT2D eigenvalue weighted by molar-refractivity contribution is 0.486. The molecule has 1 atom stereocenters. The highest BCUT2D eigenvalue weighted by Crippen LogP contribution is 2.25. The fourth-order valence-corrected chi connectivity index (χ4v) is 1.98. The number of aromatic nitrogens is 2. The molecule has 1 aromatic heterocycles. The van der Waals surface area contributed by atoms with Gasteiger partial charge in [0.05, 0.1) is 17.4 Å². The minimum atomic E-state index is -0.888. The van der Waals surface area contributed by atoms with Crippen LogP contribution in [0, 0.1) is 25.5 Å². The van der Waals surface area contributed by atoms with Gasteiger partial charge in [-0.2, -0.15) is 5.10 Å². The molecule has 0 aliphatic rings. The van der Waals surface area contributed by atoms with Crippen LogP contribution in [-0.4, -0.2) is 9.78 Å². The van der Waals surface area contributed by atoms with Crippen molar-refractivity contribution in [2.75, 3.05) is 0 Å². The summed E-state index contributed by atoms with van der Waals surface area (Å²) in [6.45, 7) is 3.34. The van der Waals surface area contributed by atoms with Gasteiger partial charge in [-0.1, -0.05) is 12.1 Å². The van der Waals surface area contributed by atoms with E-state index in [-0.39, 0.29) is 11.1 Å². The minimum absolute atomic E-state index is 0.140. The molecule has 0 radical (unpaired) electrons. The molecule has 3 nitrogen and oxygen atoms in total. The smallest absolute Gasteiger partial charge is 0.164 e. The molecule has 0 saturated heterocycles. The molecule has 2 aromatic rings. The summed E-state index contributed by atoms with van der Waals surface area (Å²) in [6.07, 6.45) is 0. The maximum Gasteiger partial charge on any atom is 0.164 e. The van der Waals surface area contributed by atoms with Gasteiger partial charge in [0.15, 0.2) is 11.6 Å². The van der Waals surface area contributed by atoms with E-state index in [2.05, 4.69) is 5.10 Å². The Morgan fingerprint density at radius 2 is 1.89 bits per heavy atom. The average molecular weight is 251 g/mol. The van der Waals surface area contributed by atoms with Gasteiger partial charge in [0.2, 0.25) is 0 Å². The fraction of sp³-hybridized carbons (Fsp3) is 0.308. The van der Waals surface area contributed by atoms with Gasteiger partial charge in [0.1, 0.15) is 0 Å². The van der Waals surface area contributed by atoms with Crippen LogP contribution in [0.1, 0.15) is 28.6 Å². The lowest BCUT2D eigenvalue weighted by Gasteiger charge is -2.14. The van der Waals surface area contributed by atoms with Crippen LogP contribution in [0.25, 0.3) is 0 Å². The highest BCUT2D eigenvalue weighted by Gasteiger charge is 2.20. The molecule has 2 rings (SSSR count). The standard InChI is InChI=1S/C13H15F2N3/c1-7-4-5-9(12(15)11(7)14)13(16)10-6-8(2)17-18(10)3/h4-6,13H,16H2,1-3H3. The van der Waals surface area contributed by atoms with E-state index in [1.807, 2.05) is 6.92 Å². The van der Waals surface area contributed by atoms with Crippen LogP contribution in [0.4, 0.5) is 8.78 Å². The second-order valence-corrected chi connectivity index (χ2v) is 4.41. The van der Waals surface area contributed by atoms with Crippen molar-refractivity contribution in [3.05, 3.63) is 52.3 Å². The van der Waals surface area contributed by atoms with E-state index < -0.39 is 17.7 Å². The fourth-order valence-electron chi connectivity index (χ4n) is 1.98. The van der Waals surface area contributed by atoms with Gasteiger partial charge in [0.25, 0.3) is 0 Å². The Bertz CT molecular complexity index is 590. The largest absolute Gasteiger partial charge is 0.319 e. The lowest BCUT2D eigenvalue weighted by atomic mass is 10.0. The zero-order valence-electron chi connectivity index (χ0n) is 10.5. The van der Waals surface area contributed by atoms with E-state index in [4.69, 9.17) is 5.73 Å². The Labute approximate surface area is 104 Å². The van der Waals surface area contributed by atoms with Crippen molar-refractivity contribution in [1.82, 2.24) is 9.78 Å². The van der Waals surface area contributed by atoms with Gasteiger partial charge in [-0.25, -0.2) is 8.78 Å². The predicted molar refractivity (Wildman–Crippen MR) is 65.1 cm³/mol. The maximum atomic E-state index is 13.9. The third kappa shape index (κ3) is 2.01. The van der Waals surface area contributed by atoms with Crippen molar-refractivity contribution < 1.29 is 8.78 Å². The zero-order valence-corrected chi connectivity index (χ0v) is 10.5. The molecule has 1 heterocycles. The monoisotopic (exact) mass is 251 g/mol. The summed E-state index contributed by atoms with van der Waals surface area (Å²) < 4.78 is 29.0. The van der Waals surface area contributed by atoms with E-state index in [1.165, 1.54) is 19.1 Å². The zero-order chi connectivity index (χ0) is 13.4. The second kappa shape index (κ2) is 4.49. The molecule has 0 spiro atoms. The first-order valence-electron chi connectivity index (χ1n) is 5.62. The van der Waals surface area contributed by atoms with Crippen molar-refractivity contribution in [2.24, 2.45) is 12.8 Å². The van der Waals surface area contributed by atoms with Crippen LogP contribution in [0.3, 0.4) is 0 Å². The average Bonchev–Trinajstić information content (AvgIpc) is 2.65. The van der Waals surface area contributed by atoms with Gasteiger partial charge in [0, 0.05) is 12.6 Å². The SMILES string of the molecule is Cc1cc(C(N)c2ccc(C)c(F)c2F)n(C)n1. The van der Waals surface area contributed by atoms with Crippen LogP contribution < -0.4 is 5.73 Å². The molecule has 96 valence electrons. The van der Waals surface area contributed by atoms with Crippen molar-refractivity contribution in [3.63, 3.8) is 0 Å². The molecule has 1 aromatic carbocycles. The highest BCUT2D eigenvalue weighted by molar-refractivity contribution is 5.33. The van der Waals surface area contributed by atoms with E-state index in [0.29, 0.717) is 5.69 Å². The topological polar surface area (TPSA) is 43.8 Å². The molecular formula is C13H15F2N3. The summed E-state index contributed by atoms with van der Waals surface area (Å²) in [5.74, 6) is -1.73. The van der Waals surface area contributed by atoms with Crippen LogP contribution in [0.2, 0.25) is 0 Å². The van der Waals surface area contributed by atoms with Crippen molar-refractivity contribution in [2.45, 2.75) is 19.9 Å². The van der Waals surface area contributed by atoms with E-state index >= 15 is 0 Å². The van der Waals surface area contributed by atoms with E-state index in [9.17, 15) is 8.78 Å². The Balaban J connectivity index is 2.49. The Hall–Kier alpha value is -1.75. The summed E-state index contributed by atoms with van der Waals surface area (Å²) in [5, 5.41) is 4.15. The number of nitrogens with two attached hydrogens (primary N) is 1. The van der Waals surface area contributed by atoms with Crippen LogP contribution in [0.5, 0.6) is 0 Å². The second-order valence-electron chi connectivity index (χ2n) is 4.41. The van der Waals surface area contributed by atoms with Crippen molar-refractivity contribution in [1.29, 1.82) is 0 Å². The number of halogens is 2. The highest BCUT2D eigenvalue weighted by atomic mass is 19.2. The summed E-state index contributed by atoms with van der Waals surface area (Å²) in [4.78, 5) is 0. The molecule has 0 saturated carbocycles. The predicted octanol–water partition coefficient (Wildman–Crippen LogP) is 2.36. The van der Waals surface area contributed by atoms with Gasteiger partial charge in [-0.3, -0.25) is 4.68 Å². The van der Waals surface area contributed by atoms with Gasteiger partial charge in [-0.15, -0.1) is 0 Å². The summed E-state index contributed by atoms with van der Waals surface area (Å²) >= 11 is 0. The number of hydrogen-bond donors (Lipinski definition) is 1. The Morgan fingerprint density at radius 3 is 2.44 bits per heavy atom. The number of nitrogens with zero attached hydrogens (tertiary/aromatic N) is 2. The molecule has 1 unspecified atom stereocenters. The first kappa shape index (κ1) is 12.7. The number of aryl methyl sites for hydroxylation is 3. The number of rotatable bonds is 2. The summed E-state index contributed by atoms with van der Waals surface area (Å²) in [7, 11) is 1.73. The molecule has 5 heteroatoms. The molecule has 0 amide bonds. The quantitative estimate of drug-likeness (QED) is 0.890. The molecule has 0 bridgehead atoms. The lowest BCUT2D eigenvalue weighted by Crippen LogP contribution is -2.18. The van der Waals surface area contributed by atoms with Gasteiger partial charge in [-0.05, 0) is 25.5 Å². The Morgan fingerprint density at radius 1 is 1.22 bits per heavy atom. The number of hydrogen-bond acceptors (Lipinski definition) is 2. The summed E-state index contributed by atoms with van der Waals surface area (Å²) in [6, 6.07) is 4.07. The summed E-state index contributed by atoms with van der Waals surface area (Å²) in [5.41, 5.74) is 7.83. The van der Waals surface area contributed by atoms with Crippen molar-refractivity contribution in [3.8, 4) is 0 Å². The van der Waals surface area contributed by atoms with Crippen LogP contribution in [-0.2, 0) is 7.05 Å². The van der Waals surface area contributed by atoms with Crippen LogP contribution >= 0.6 is 0 Å². The first-order chi connectivity index (χ1) is 8.41. The van der Waals surface area contributed by atoms with Gasteiger partial charge < -0.3 is 5.73 Å². The molecule has 2 N–H and O–H groups in total. The Kier molecular flexibility index (Phi) is 3.17. The van der Waals surface area contributed by atoms with E-state index in [1.54, 1.807) is 17.8 Å². The molecule has 18 heavy (non-hydrogen) atoms. The molecule has 0 aliphatic heterocycles. The maximum absolute atomic E-state index is 13.9. The molecule has 0 fully saturated rings. The normalized spacial score (nSPS) is 12.8. The van der Waals surface area contributed by atoms with Gasteiger partial charge >= 0.3 is 0 Å². The number of benzene rings is 1. The van der Waals surface area contributed by atoms with E-state index in [0.717, 1.165) is 5.69 Å². The third-order valence-corrected chi connectivity index (χ3v) is 3.00. The molecular weight excluding hydrogens is 236 g/mol. The minimum Gasteiger partial charge on any atom is -0.319 e.